The molecule has 7 atom stereocenters. The quantitative estimate of drug-likeness (QED) is 0.433. The molecule has 5 aliphatic carbocycles. The van der Waals surface area contributed by atoms with Crippen LogP contribution in [0.25, 0.3) is 0 Å². The van der Waals surface area contributed by atoms with E-state index in [2.05, 4.69) is 50.3 Å². The molecule has 0 aromatic heterocycles. The summed E-state index contributed by atoms with van der Waals surface area (Å²) in [6, 6.07) is 10.8. The van der Waals surface area contributed by atoms with E-state index < -0.39 is 0 Å². The fraction of sp³-hybridized carbons (Fsp3) is 0.758. The van der Waals surface area contributed by atoms with Crippen LogP contribution >= 0.6 is 0 Å². The second-order valence-electron chi connectivity index (χ2n) is 13.1. The molecule has 188 valence electrons. The number of rotatable bonds is 5. The van der Waals surface area contributed by atoms with Gasteiger partial charge in [0.2, 0.25) is 0 Å². The van der Waals surface area contributed by atoms with Gasteiger partial charge in [0.1, 0.15) is 0 Å². The van der Waals surface area contributed by atoms with E-state index in [9.17, 15) is 5.11 Å². The maximum absolute atomic E-state index is 11.3. The highest BCUT2D eigenvalue weighted by Gasteiger charge is 2.59. The molecular formula is C33H50O. The molecule has 1 nitrogen and oxygen atoms in total. The average Bonchev–Trinajstić information content (AvgIpc) is 3.15. The van der Waals surface area contributed by atoms with Gasteiger partial charge in [-0.3, -0.25) is 0 Å². The molecule has 0 spiro atoms. The standard InChI is InChI=1S/C29H42O.C4H8/c1-28-19-7-6-12-22(28)14-15-23-24-16-17-26(29(24,2)20-18-25(23)28)27(30)13-8-11-21-9-4-3-5-10-21;1-2-4-3-1/h3-5,9-10,14,23-27,30H,6-8,11-13,15-20H2,1-2H3;1-4H2. The SMILES string of the molecule is C1CCC1.CC12CCCCC1=CCC1C2CCC2(C)C(C(O)CCCc3ccccc3)CCC12. The van der Waals surface area contributed by atoms with Crippen molar-refractivity contribution >= 4 is 0 Å². The average molecular weight is 463 g/mol. The number of hydrogen-bond acceptors (Lipinski definition) is 1. The molecule has 1 N–H and O–H groups in total. The minimum absolute atomic E-state index is 0.111. The van der Waals surface area contributed by atoms with Gasteiger partial charge in [-0.05, 0) is 111 Å². The van der Waals surface area contributed by atoms with Crippen molar-refractivity contribution in [2.75, 3.05) is 0 Å². The number of allylic oxidation sites excluding steroid dienone is 2. The molecule has 7 unspecified atom stereocenters. The van der Waals surface area contributed by atoms with Gasteiger partial charge in [-0.2, -0.15) is 0 Å². The van der Waals surface area contributed by atoms with Crippen LogP contribution in [-0.4, -0.2) is 11.2 Å². The molecule has 0 amide bonds. The third-order valence-corrected chi connectivity index (χ3v) is 11.4. The highest BCUT2D eigenvalue weighted by molar-refractivity contribution is 5.24. The maximum atomic E-state index is 11.3. The third kappa shape index (κ3) is 4.68. The van der Waals surface area contributed by atoms with E-state index >= 15 is 0 Å². The summed E-state index contributed by atoms with van der Waals surface area (Å²) in [6.45, 7) is 5.18. The normalized spacial score (nSPS) is 39.3. The Kier molecular flexibility index (Phi) is 7.60. The van der Waals surface area contributed by atoms with Crippen molar-refractivity contribution in [2.24, 2.45) is 34.5 Å². The molecule has 0 radical (unpaired) electrons. The predicted molar refractivity (Wildman–Crippen MR) is 144 cm³/mol. The van der Waals surface area contributed by atoms with E-state index in [1.54, 1.807) is 0 Å². The van der Waals surface area contributed by atoms with Crippen LogP contribution < -0.4 is 0 Å². The molecule has 4 saturated carbocycles. The lowest BCUT2D eigenvalue weighted by Gasteiger charge is -2.58. The van der Waals surface area contributed by atoms with Crippen LogP contribution in [0.4, 0.5) is 0 Å². The summed E-state index contributed by atoms with van der Waals surface area (Å²) < 4.78 is 0. The van der Waals surface area contributed by atoms with Crippen LogP contribution in [0, 0.1) is 34.5 Å². The van der Waals surface area contributed by atoms with Crippen LogP contribution in [0.15, 0.2) is 42.0 Å². The zero-order valence-electron chi connectivity index (χ0n) is 22.1. The summed E-state index contributed by atoms with van der Waals surface area (Å²) in [7, 11) is 0. The Balaban J connectivity index is 0.000000547. The number of fused-ring (bicyclic) bond motifs is 5. The van der Waals surface area contributed by atoms with Crippen molar-refractivity contribution in [2.45, 2.75) is 123 Å². The van der Waals surface area contributed by atoms with Crippen LogP contribution in [0.5, 0.6) is 0 Å². The van der Waals surface area contributed by atoms with Gasteiger partial charge in [0, 0.05) is 0 Å². The fourth-order valence-electron chi connectivity index (χ4n) is 8.98. The van der Waals surface area contributed by atoms with E-state index in [0.717, 1.165) is 37.0 Å². The summed E-state index contributed by atoms with van der Waals surface area (Å²) in [5.41, 5.74) is 4.08. The number of aryl methyl sites for hydroxylation is 1. The van der Waals surface area contributed by atoms with Crippen molar-refractivity contribution in [3.63, 3.8) is 0 Å². The van der Waals surface area contributed by atoms with Gasteiger partial charge >= 0.3 is 0 Å². The summed E-state index contributed by atoms with van der Waals surface area (Å²) in [5.74, 6) is 3.13. The summed E-state index contributed by atoms with van der Waals surface area (Å²) in [5, 5.41) is 11.3. The second-order valence-corrected chi connectivity index (χ2v) is 13.1. The van der Waals surface area contributed by atoms with Crippen LogP contribution in [0.2, 0.25) is 0 Å². The van der Waals surface area contributed by atoms with E-state index in [4.69, 9.17) is 0 Å². The van der Waals surface area contributed by atoms with E-state index in [1.807, 2.05) is 5.57 Å². The number of aliphatic hydroxyl groups is 1. The Morgan fingerprint density at radius 3 is 2.38 bits per heavy atom. The molecule has 0 bridgehead atoms. The fourth-order valence-corrected chi connectivity index (χ4v) is 8.98. The molecule has 34 heavy (non-hydrogen) atoms. The predicted octanol–water partition coefficient (Wildman–Crippen LogP) is 8.90. The van der Waals surface area contributed by atoms with Crippen molar-refractivity contribution in [1.82, 2.24) is 0 Å². The molecular weight excluding hydrogens is 412 g/mol. The number of aliphatic hydroxyl groups excluding tert-OH is 1. The van der Waals surface area contributed by atoms with Crippen LogP contribution in [-0.2, 0) is 6.42 Å². The first-order valence-electron chi connectivity index (χ1n) is 14.9. The first-order chi connectivity index (χ1) is 16.5. The molecule has 0 heterocycles. The molecule has 6 rings (SSSR count). The Labute approximate surface area is 209 Å². The lowest BCUT2D eigenvalue weighted by molar-refractivity contribution is -0.0666. The van der Waals surface area contributed by atoms with Gasteiger partial charge < -0.3 is 5.11 Å². The molecule has 1 heteroatoms. The lowest BCUT2D eigenvalue weighted by Crippen LogP contribution is -2.50. The summed E-state index contributed by atoms with van der Waals surface area (Å²) in [4.78, 5) is 0. The van der Waals surface area contributed by atoms with Crippen molar-refractivity contribution in [3.05, 3.63) is 47.5 Å². The Bertz CT molecular complexity index is 818. The zero-order chi connectivity index (χ0) is 23.6. The minimum Gasteiger partial charge on any atom is -0.393 e. The van der Waals surface area contributed by atoms with Crippen molar-refractivity contribution < 1.29 is 5.11 Å². The zero-order valence-corrected chi connectivity index (χ0v) is 22.1. The summed E-state index contributed by atoms with van der Waals surface area (Å²) >= 11 is 0. The molecule has 5 aliphatic rings. The molecule has 1 aromatic rings. The van der Waals surface area contributed by atoms with Gasteiger partial charge in [0.05, 0.1) is 6.10 Å². The summed E-state index contributed by atoms with van der Waals surface area (Å²) in [6.07, 6.45) is 24.1. The van der Waals surface area contributed by atoms with Gasteiger partial charge in [-0.15, -0.1) is 0 Å². The Hall–Kier alpha value is -1.08. The molecule has 4 fully saturated rings. The first-order valence-corrected chi connectivity index (χ1v) is 14.9. The maximum Gasteiger partial charge on any atom is 0.0573 e. The monoisotopic (exact) mass is 462 g/mol. The van der Waals surface area contributed by atoms with Crippen molar-refractivity contribution in [1.29, 1.82) is 0 Å². The van der Waals surface area contributed by atoms with E-state index in [0.29, 0.717) is 16.7 Å². The topological polar surface area (TPSA) is 20.2 Å². The largest absolute Gasteiger partial charge is 0.393 e. The lowest BCUT2D eigenvalue weighted by atomic mass is 9.47. The van der Waals surface area contributed by atoms with Crippen LogP contribution in [0.3, 0.4) is 0 Å². The highest BCUT2D eigenvalue weighted by Crippen LogP contribution is 2.66. The number of benzene rings is 1. The van der Waals surface area contributed by atoms with Gasteiger partial charge in [0.25, 0.3) is 0 Å². The van der Waals surface area contributed by atoms with Crippen LogP contribution in [0.1, 0.15) is 116 Å². The Morgan fingerprint density at radius 1 is 0.882 bits per heavy atom. The first kappa shape index (κ1) is 24.6. The van der Waals surface area contributed by atoms with E-state index in [-0.39, 0.29) is 6.10 Å². The van der Waals surface area contributed by atoms with Crippen molar-refractivity contribution in [3.8, 4) is 0 Å². The van der Waals surface area contributed by atoms with Gasteiger partial charge in [-0.25, -0.2) is 0 Å². The molecule has 0 aliphatic heterocycles. The van der Waals surface area contributed by atoms with Gasteiger partial charge in [0.15, 0.2) is 0 Å². The molecule has 0 saturated heterocycles. The van der Waals surface area contributed by atoms with Gasteiger partial charge in [-0.1, -0.05) is 87.9 Å². The third-order valence-electron chi connectivity index (χ3n) is 11.4. The minimum atomic E-state index is -0.111. The second kappa shape index (κ2) is 10.5. The number of hydrogen-bond donors (Lipinski definition) is 1. The smallest absolute Gasteiger partial charge is 0.0573 e. The molecule has 1 aromatic carbocycles. The Morgan fingerprint density at radius 2 is 1.65 bits per heavy atom. The highest BCUT2D eigenvalue weighted by atomic mass is 16.3. The van der Waals surface area contributed by atoms with E-state index in [1.165, 1.54) is 89.0 Å².